The maximum atomic E-state index is 12.3. The van der Waals surface area contributed by atoms with Crippen LogP contribution in [0.25, 0.3) is 6.08 Å². The molecule has 0 spiro atoms. The molecule has 0 fully saturated rings. The van der Waals surface area contributed by atoms with E-state index in [1.165, 1.54) is 12.1 Å². The number of aliphatic carboxylic acids is 1. The van der Waals surface area contributed by atoms with Gasteiger partial charge in [0.1, 0.15) is 6.61 Å². The first-order chi connectivity index (χ1) is 11.3. The highest BCUT2D eigenvalue weighted by molar-refractivity contribution is 7.95. The fraction of sp³-hybridized carbons (Fsp3) is 0.375. The van der Waals surface area contributed by atoms with Gasteiger partial charge in [0, 0.05) is 0 Å². The number of rotatable bonds is 6. The number of hydrogen-bond acceptors (Lipinski definition) is 6. The van der Waals surface area contributed by atoms with Crippen LogP contribution in [0.3, 0.4) is 0 Å². The van der Waals surface area contributed by atoms with Crippen LogP contribution in [-0.2, 0) is 19.4 Å². The van der Waals surface area contributed by atoms with E-state index in [1.807, 2.05) is 0 Å². The van der Waals surface area contributed by atoms with Gasteiger partial charge in [-0.1, -0.05) is 38.5 Å². The summed E-state index contributed by atoms with van der Waals surface area (Å²) in [5.74, 6) is -1.76. The summed E-state index contributed by atoms with van der Waals surface area (Å²) in [6, 6.07) is 5.24. The Balaban J connectivity index is 2.02. The third kappa shape index (κ3) is 3.59. The summed E-state index contributed by atoms with van der Waals surface area (Å²) in [5, 5.41) is 13.3. The molecule has 8 heteroatoms. The van der Waals surface area contributed by atoms with Gasteiger partial charge >= 0.3 is 6.09 Å². The SMILES string of the molecule is CC[C@H](C)[C@H](NC(=O)OCC1=Cc2ccccc2S1(=O)=O)C(=O)[O-]. The quantitative estimate of drug-likeness (QED) is 0.806. The van der Waals surface area contributed by atoms with Gasteiger partial charge in [-0.3, -0.25) is 0 Å². The Morgan fingerprint density at radius 3 is 2.54 bits per heavy atom. The van der Waals surface area contributed by atoms with E-state index in [0.717, 1.165) is 0 Å². The number of carboxylic acid groups (broad SMARTS) is 1. The monoisotopic (exact) mass is 352 g/mol. The summed E-state index contributed by atoms with van der Waals surface area (Å²) in [6.07, 6.45) is 0.952. The van der Waals surface area contributed by atoms with E-state index in [4.69, 9.17) is 4.74 Å². The summed E-state index contributed by atoms with van der Waals surface area (Å²) in [7, 11) is -3.68. The smallest absolute Gasteiger partial charge is 0.408 e. The number of carbonyl (C=O) groups excluding carboxylic acids is 2. The lowest BCUT2D eigenvalue weighted by Gasteiger charge is -2.24. The first-order valence-corrected chi connectivity index (χ1v) is 8.94. The number of nitrogens with one attached hydrogen (secondary N) is 1. The van der Waals surface area contributed by atoms with Gasteiger partial charge in [0.05, 0.1) is 21.8 Å². The summed E-state index contributed by atoms with van der Waals surface area (Å²) >= 11 is 0. The van der Waals surface area contributed by atoms with Crippen LogP contribution in [0, 0.1) is 5.92 Å². The van der Waals surface area contributed by atoms with Gasteiger partial charge in [0.2, 0.25) is 9.84 Å². The first kappa shape index (κ1) is 18.0. The van der Waals surface area contributed by atoms with Gasteiger partial charge < -0.3 is 20.0 Å². The zero-order chi connectivity index (χ0) is 17.9. The highest BCUT2D eigenvalue weighted by Crippen LogP contribution is 2.32. The average Bonchev–Trinajstić information content (AvgIpc) is 2.80. The lowest BCUT2D eigenvalue weighted by Crippen LogP contribution is -2.51. The maximum Gasteiger partial charge on any atom is 0.408 e. The topological polar surface area (TPSA) is 113 Å². The number of benzene rings is 1. The van der Waals surface area contributed by atoms with E-state index in [0.29, 0.717) is 12.0 Å². The number of ether oxygens (including phenoxy) is 1. The van der Waals surface area contributed by atoms with Gasteiger partial charge in [-0.25, -0.2) is 13.2 Å². The van der Waals surface area contributed by atoms with Gasteiger partial charge in [-0.15, -0.1) is 0 Å². The van der Waals surface area contributed by atoms with Gasteiger partial charge in [0.25, 0.3) is 0 Å². The van der Waals surface area contributed by atoms with Crippen molar-refractivity contribution in [2.24, 2.45) is 5.92 Å². The summed E-state index contributed by atoms with van der Waals surface area (Å²) in [4.78, 5) is 22.9. The minimum Gasteiger partial charge on any atom is -0.548 e. The van der Waals surface area contributed by atoms with Crippen LogP contribution in [-0.4, -0.2) is 33.1 Å². The minimum atomic E-state index is -3.68. The fourth-order valence-corrected chi connectivity index (χ4v) is 3.80. The number of carbonyl (C=O) groups is 2. The summed E-state index contributed by atoms with van der Waals surface area (Å²) in [5.41, 5.74) is 0.531. The van der Waals surface area contributed by atoms with Crippen LogP contribution >= 0.6 is 0 Å². The van der Waals surface area contributed by atoms with E-state index in [1.54, 1.807) is 32.0 Å². The molecule has 130 valence electrons. The van der Waals surface area contributed by atoms with Crippen molar-refractivity contribution < 1.29 is 27.9 Å². The number of hydrogen-bond donors (Lipinski definition) is 1. The molecule has 0 unspecified atom stereocenters. The Labute approximate surface area is 140 Å². The second kappa shape index (κ2) is 7.04. The second-order valence-electron chi connectivity index (χ2n) is 5.55. The molecule has 0 saturated heterocycles. The average molecular weight is 352 g/mol. The predicted octanol–water partition coefficient (Wildman–Crippen LogP) is 0.706. The third-order valence-corrected chi connectivity index (χ3v) is 5.83. The molecule has 0 bridgehead atoms. The third-order valence-electron chi connectivity index (χ3n) is 3.96. The van der Waals surface area contributed by atoms with Gasteiger partial charge in [-0.05, 0) is 23.6 Å². The Kier molecular flexibility index (Phi) is 5.28. The number of amides is 1. The Morgan fingerprint density at radius 2 is 1.96 bits per heavy atom. The van der Waals surface area contributed by atoms with E-state index >= 15 is 0 Å². The van der Waals surface area contributed by atoms with Crippen LogP contribution in [0.15, 0.2) is 34.1 Å². The van der Waals surface area contributed by atoms with E-state index in [2.05, 4.69) is 5.32 Å². The molecule has 0 saturated carbocycles. The van der Waals surface area contributed by atoms with Crippen molar-refractivity contribution in [1.29, 1.82) is 0 Å². The molecule has 1 aromatic carbocycles. The Hall–Kier alpha value is -2.35. The van der Waals surface area contributed by atoms with E-state index < -0.39 is 34.5 Å². The molecule has 1 aromatic rings. The Bertz CT molecular complexity index is 784. The second-order valence-corrected chi connectivity index (χ2v) is 7.53. The standard InChI is InChI=1S/C16H19NO6S/c1-3-10(2)14(15(18)19)17-16(20)23-9-12-8-11-6-4-5-7-13(11)24(12,21)22/h4-8,10,14H,3,9H2,1-2H3,(H,17,20)(H,18,19)/p-1/t10-,14-/m0/s1. The molecule has 2 rings (SSSR count). The highest BCUT2D eigenvalue weighted by Gasteiger charge is 2.30. The van der Waals surface area contributed by atoms with Crippen LogP contribution in [0.5, 0.6) is 0 Å². The molecule has 1 aliphatic heterocycles. The molecule has 1 N–H and O–H groups in total. The van der Waals surface area contributed by atoms with Crippen molar-refractivity contribution in [2.45, 2.75) is 31.2 Å². The van der Waals surface area contributed by atoms with E-state index in [9.17, 15) is 23.1 Å². The number of sulfone groups is 1. The molecule has 0 aromatic heterocycles. The van der Waals surface area contributed by atoms with Crippen molar-refractivity contribution in [3.8, 4) is 0 Å². The molecule has 1 aliphatic rings. The van der Waals surface area contributed by atoms with Crippen molar-refractivity contribution in [3.63, 3.8) is 0 Å². The molecule has 1 amide bonds. The lowest BCUT2D eigenvalue weighted by molar-refractivity contribution is -0.309. The first-order valence-electron chi connectivity index (χ1n) is 7.46. The van der Waals surface area contributed by atoms with Gasteiger partial charge in [-0.2, -0.15) is 0 Å². The number of fused-ring (bicyclic) bond motifs is 1. The summed E-state index contributed by atoms with van der Waals surface area (Å²) < 4.78 is 29.5. The van der Waals surface area contributed by atoms with Crippen LogP contribution < -0.4 is 10.4 Å². The predicted molar refractivity (Wildman–Crippen MR) is 84.3 cm³/mol. The molecular formula is C16H18NO6S-. The largest absolute Gasteiger partial charge is 0.548 e. The maximum absolute atomic E-state index is 12.3. The van der Waals surface area contributed by atoms with Crippen molar-refractivity contribution in [1.82, 2.24) is 5.32 Å². The highest BCUT2D eigenvalue weighted by atomic mass is 32.2. The molecular weight excluding hydrogens is 334 g/mol. The molecule has 2 atom stereocenters. The van der Waals surface area contributed by atoms with Crippen LogP contribution in [0.2, 0.25) is 0 Å². The zero-order valence-corrected chi connectivity index (χ0v) is 14.1. The number of alkyl carbamates (subject to hydrolysis) is 1. The number of carboxylic acids is 1. The van der Waals surface area contributed by atoms with E-state index in [-0.39, 0.29) is 15.7 Å². The zero-order valence-electron chi connectivity index (χ0n) is 13.3. The summed E-state index contributed by atoms with van der Waals surface area (Å²) in [6.45, 7) is 2.96. The van der Waals surface area contributed by atoms with Crippen LogP contribution in [0.1, 0.15) is 25.8 Å². The normalized spacial score (nSPS) is 17.3. The van der Waals surface area contributed by atoms with Crippen molar-refractivity contribution in [2.75, 3.05) is 6.61 Å². The molecule has 0 aliphatic carbocycles. The Morgan fingerprint density at radius 1 is 1.29 bits per heavy atom. The van der Waals surface area contributed by atoms with Crippen molar-refractivity contribution >= 4 is 28.0 Å². The van der Waals surface area contributed by atoms with Gasteiger partial charge in [0.15, 0.2) is 0 Å². The molecule has 24 heavy (non-hydrogen) atoms. The molecule has 7 nitrogen and oxygen atoms in total. The van der Waals surface area contributed by atoms with Crippen molar-refractivity contribution in [3.05, 3.63) is 34.7 Å². The van der Waals surface area contributed by atoms with Crippen LogP contribution in [0.4, 0.5) is 4.79 Å². The molecule has 0 radical (unpaired) electrons. The molecule has 1 heterocycles. The minimum absolute atomic E-state index is 0.0487. The lowest BCUT2D eigenvalue weighted by atomic mass is 10.00. The fourth-order valence-electron chi connectivity index (χ4n) is 2.33.